The molecule has 3 aromatic carbocycles. The van der Waals surface area contributed by atoms with Gasteiger partial charge in [-0.15, -0.1) is 0 Å². The average Bonchev–Trinajstić information content (AvgIpc) is 3.50. The second-order valence-electron chi connectivity index (χ2n) is 11.9. The van der Waals surface area contributed by atoms with Gasteiger partial charge in [-0.3, -0.25) is 33.9 Å². The Bertz CT molecular complexity index is 2190. The van der Waals surface area contributed by atoms with Gasteiger partial charge in [-0.05, 0) is 28.8 Å². The molecule has 3 atom stereocenters. The SMILES string of the molecule is Nc1nc2c(ncn2CC(=O)NC(Cc2ccccc2)C(=O)NC(Cc2ccccc2)C(=O)NC(Cc2ccc(OP(=O)(O)O)cc2)C(=O)O)c(=O)[nH]1. The Hall–Kier alpha value is -6.36. The van der Waals surface area contributed by atoms with Gasteiger partial charge in [-0.2, -0.15) is 4.98 Å². The first kappa shape index (κ1) is 37.9. The average molecular weight is 747 g/mol. The number of H-pyrrole nitrogens is 1. The number of aromatic amines is 1. The lowest BCUT2D eigenvalue weighted by molar-refractivity contribution is -0.142. The Labute approximate surface area is 300 Å². The number of nitrogens with one attached hydrogen (secondary N) is 4. The van der Waals surface area contributed by atoms with E-state index in [1.165, 1.54) is 35.2 Å². The third-order valence-corrected chi connectivity index (χ3v) is 8.31. The highest BCUT2D eigenvalue weighted by Gasteiger charge is 2.30. The van der Waals surface area contributed by atoms with Crippen LogP contribution in [-0.4, -0.2) is 76.2 Å². The standard InChI is InChI=1S/C34H35N8O10P/c35-34-40-29-28(32(46)41-34)36-19-42(29)18-27(43)37-24(15-20-7-3-1-4-8-20)30(44)38-25(16-21-9-5-2-6-10-21)31(45)39-26(33(47)48)17-22-11-13-23(14-12-22)52-53(49,50)51/h1-14,19,24-26H,15-18H2,(H,37,43)(H,38,44)(H,39,45)(H,47,48)(H2,49,50,51)(H3,35,40,41,46). The first-order chi connectivity index (χ1) is 25.2. The summed E-state index contributed by atoms with van der Waals surface area (Å²) in [6.45, 7) is -0.383. The van der Waals surface area contributed by atoms with Crippen molar-refractivity contribution in [2.24, 2.45) is 0 Å². The van der Waals surface area contributed by atoms with Gasteiger partial charge in [0.05, 0.1) is 6.33 Å². The molecule has 2 aromatic heterocycles. The number of nitrogen functional groups attached to an aromatic ring is 1. The lowest BCUT2D eigenvalue weighted by Crippen LogP contribution is -2.57. The predicted octanol–water partition coefficient (Wildman–Crippen LogP) is 0.440. The van der Waals surface area contributed by atoms with Crippen LogP contribution in [0.4, 0.5) is 5.95 Å². The molecule has 18 nitrogen and oxygen atoms in total. The minimum Gasteiger partial charge on any atom is -0.480 e. The van der Waals surface area contributed by atoms with E-state index < -0.39 is 55.2 Å². The van der Waals surface area contributed by atoms with Crippen LogP contribution in [0.2, 0.25) is 0 Å². The van der Waals surface area contributed by atoms with Crippen LogP contribution in [0.25, 0.3) is 11.2 Å². The van der Waals surface area contributed by atoms with Gasteiger partial charge in [0.15, 0.2) is 11.2 Å². The zero-order valence-electron chi connectivity index (χ0n) is 27.8. The van der Waals surface area contributed by atoms with Crippen molar-refractivity contribution in [3.05, 3.63) is 118 Å². The summed E-state index contributed by atoms with van der Waals surface area (Å²) in [6.07, 6.45) is 1.01. The first-order valence-electron chi connectivity index (χ1n) is 16.0. The molecule has 0 spiro atoms. The Morgan fingerprint density at radius 1 is 0.792 bits per heavy atom. The van der Waals surface area contributed by atoms with E-state index in [0.717, 1.165) is 0 Å². The maximum absolute atomic E-state index is 14.0. The van der Waals surface area contributed by atoms with Gasteiger partial charge in [-0.25, -0.2) is 14.3 Å². The number of aliphatic carboxylic acids is 1. The van der Waals surface area contributed by atoms with Gasteiger partial charge in [0.2, 0.25) is 23.7 Å². The molecule has 0 fully saturated rings. The summed E-state index contributed by atoms with van der Waals surface area (Å²) < 4.78 is 17.0. The molecular formula is C34H35N8O10P. The van der Waals surface area contributed by atoms with Crippen LogP contribution in [0.15, 0.2) is 96.1 Å². The number of fused-ring (bicyclic) bond motifs is 1. The number of hydrogen-bond donors (Lipinski definition) is 8. The smallest absolute Gasteiger partial charge is 0.480 e. The summed E-state index contributed by atoms with van der Waals surface area (Å²) in [5, 5.41) is 17.8. The Kier molecular flexibility index (Phi) is 12.0. The maximum atomic E-state index is 14.0. The van der Waals surface area contributed by atoms with Crippen LogP contribution in [0.1, 0.15) is 16.7 Å². The largest absolute Gasteiger partial charge is 0.524 e. The normalized spacial score (nSPS) is 13.0. The van der Waals surface area contributed by atoms with E-state index in [2.05, 4.69) is 35.4 Å². The van der Waals surface area contributed by atoms with Gasteiger partial charge >= 0.3 is 13.8 Å². The molecule has 0 aliphatic carbocycles. The van der Waals surface area contributed by atoms with E-state index in [4.69, 9.17) is 15.5 Å². The number of rotatable bonds is 16. The number of amides is 3. The zero-order valence-corrected chi connectivity index (χ0v) is 28.7. The zero-order chi connectivity index (χ0) is 38.1. The highest BCUT2D eigenvalue weighted by molar-refractivity contribution is 7.46. The van der Waals surface area contributed by atoms with Gasteiger partial charge in [0.25, 0.3) is 5.56 Å². The molecule has 5 aromatic rings. The van der Waals surface area contributed by atoms with E-state index in [9.17, 15) is 33.6 Å². The van der Waals surface area contributed by atoms with Crippen molar-refractivity contribution in [3.63, 3.8) is 0 Å². The number of carbonyl (C=O) groups excluding carboxylic acids is 3. The quantitative estimate of drug-likeness (QED) is 0.0637. The van der Waals surface area contributed by atoms with Crippen molar-refractivity contribution >= 4 is 48.6 Å². The van der Waals surface area contributed by atoms with E-state index in [1.807, 2.05) is 0 Å². The number of carboxylic acid groups (broad SMARTS) is 1. The van der Waals surface area contributed by atoms with Crippen LogP contribution < -0.4 is 31.8 Å². The van der Waals surface area contributed by atoms with Crippen molar-refractivity contribution < 1.29 is 43.2 Å². The molecule has 2 heterocycles. The second-order valence-corrected chi connectivity index (χ2v) is 13.0. The number of carboxylic acids is 1. The Morgan fingerprint density at radius 3 is 1.85 bits per heavy atom. The molecular weight excluding hydrogens is 711 g/mol. The molecule has 0 saturated heterocycles. The van der Waals surface area contributed by atoms with E-state index in [-0.39, 0.29) is 48.7 Å². The number of phosphoric acid groups is 1. The van der Waals surface area contributed by atoms with Crippen LogP contribution >= 0.6 is 7.82 Å². The van der Waals surface area contributed by atoms with E-state index in [1.54, 1.807) is 60.7 Å². The van der Waals surface area contributed by atoms with Crippen molar-refractivity contribution in [1.82, 2.24) is 35.5 Å². The molecule has 0 saturated carbocycles. The molecule has 9 N–H and O–H groups in total. The molecule has 0 aliphatic rings. The molecule has 19 heteroatoms. The van der Waals surface area contributed by atoms with Crippen molar-refractivity contribution in [3.8, 4) is 5.75 Å². The minimum atomic E-state index is -4.81. The molecule has 3 unspecified atom stereocenters. The Balaban J connectivity index is 1.35. The number of nitrogens with two attached hydrogens (primary N) is 1. The van der Waals surface area contributed by atoms with Crippen molar-refractivity contribution in [1.29, 1.82) is 0 Å². The number of anilines is 1. The summed E-state index contributed by atoms with van der Waals surface area (Å²) in [5.74, 6) is -3.90. The number of imidazole rings is 1. The lowest BCUT2D eigenvalue weighted by Gasteiger charge is -2.25. The number of nitrogens with zero attached hydrogens (tertiary/aromatic N) is 3. The van der Waals surface area contributed by atoms with Crippen molar-refractivity contribution in [2.45, 2.75) is 43.9 Å². The Morgan fingerprint density at radius 2 is 1.30 bits per heavy atom. The number of carbonyl (C=O) groups is 4. The fraction of sp³-hybridized carbons (Fsp3) is 0.206. The summed E-state index contributed by atoms with van der Waals surface area (Å²) in [7, 11) is -4.81. The van der Waals surface area contributed by atoms with Crippen molar-refractivity contribution in [2.75, 3.05) is 5.73 Å². The number of phosphoric ester groups is 1. The molecule has 276 valence electrons. The molecule has 0 aliphatic heterocycles. The van der Waals surface area contributed by atoms with Crippen LogP contribution in [0.5, 0.6) is 5.75 Å². The highest BCUT2D eigenvalue weighted by atomic mass is 31.2. The maximum Gasteiger partial charge on any atom is 0.524 e. The highest BCUT2D eigenvalue weighted by Crippen LogP contribution is 2.37. The second kappa shape index (κ2) is 16.8. The summed E-state index contributed by atoms with van der Waals surface area (Å²) in [4.78, 5) is 93.9. The molecule has 3 amide bonds. The summed E-state index contributed by atoms with van der Waals surface area (Å²) in [5.41, 5.74) is 6.84. The third-order valence-electron chi connectivity index (χ3n) is 7.86. The minimum absolute atomic E-state index is 0.0209. The first-order valence-corrected chi connectivity index (χ1v) is 17.5. The van der Waals surface area contributed by atoms with Crippen LogP contribution in [-0.2, 0) is 49.6 Å². The number of benzene rings is 3. The van der Waals surface area contributed by atoms with Gasteiger partial charge < -0.3 is 35.9 Å². The fourth-order valence-corrected chi connectivity index (χ4v) is 5.80. The topological polar surface area (TPSA) is 281 Å². The van der Waals surface area contributed by atoms with Gasteiger partial charge in [0.1, 0.15) is 30.4 Å². The fourth-order valence-electron chi connectivity index (χ4n) is 5.40. The number of hydrogen-bond acceptors (Lipinski definition) is 10. The van der Waals surface area contributed by atoms with Gasteiger partial charge in [0, 0.05) is 19.3 Å². The van der Waals surface area contributed by atoms with Crippen LogP contribution in [0.3, 0.4) is 0 Å². The molecule has 0 bridgehead atoms. The lowest BCUT2D eigenvalue weighted by atomic mass is 10.0. The predicted molar refractivity (Wildman–Crippen MR) is 189 cm³/mol. The number of aromatic nitrogens is 4. The molecule has 5 rings (SSSR count). The third kappa shape index (κ3) is 10.8. The van der Waals surface area contributed by atoms with E-state index in [0.29, 0.717) is 16.7 Å². The monoisotopic (exact) mass is 746 g/mol. The summed E-state index contributed by atoms with van der Waals surface area (Å²) in [6, 6.07) is 18.8. The molecule has 53 heavy (non-hydrogen) atoms. The van der Waals surface area contributed by atoms with Gasteiger partial charge in [-0.1, -0.05) is 72.8 Å². The van der Waals surface area contributed by atoms with E-state index >= 15 is 0 Å². The van der Waals surface area contributed by atoms with Crippen LogP contribution in [0, 0.1) is 0 Å². The summed E-state index contributed by atoms with van der Waals surface area (Å²) >= 11 is 0. The molecule has 0 radical (unpaired) electrons.